The van der Waals surface area contributed by atoms with Gasteiger partial charge in [0.25, 0.3) is 0 Å². The summed E-state index contributed by atoms with van der Waals surface area (Å²) < 4.78 is 53.6. The molecule has 2 N–H and O–H groups in total. The van der Waals surface area contributed by atoms with Gasteiger partial charge in [-0.15, -0.1) is 0 Å². The van der Waals surface area contributed by atoms with Crippen molar-refractivity contribution in [3.8, 4) is 16.9 Å². The number of carbonyl (C=O) groups is 1. The van der Waals surface area contributed by atoms with Crippen LogP contribution in [0.1, 0.15) is 30.9 Å². The summed E-state index contributed by atoms with van der Waals surface area (Å²) in [5.41, 5.74) is 8.56. The molecule has 0 unspecified atom stereocenters. The highest BCUT2D eigenvalue weighted by Crippen LogP contribution is 2.42. The lowest BCUT2D eigenvalue weighted by Gasteiger charge is -2.31. The Morgan fingerprint density at radius 2 is 1.81 bits per heavy atom. The molecular formula is C25H27F2N5O3S. The first-order valence-corrected chi connectivity index (χ1v) is 13.7. The highest BCUT2D eigenvalue weighted by Gasteiger charge is 2.38. The number of benzene rings is 1. The molecule has 3 atom stereocenters. The highest BCUT2D eigenvalue weighted by molar-refractivity contribution is 7.91. The summed E-state index contributed by atoms with van der Waals surface area (Å²) in [6, 6.07) is 10.4. The summed E-state index contributed by atoms with van der Waals surface area (Å²) in [6.07, 6.45) is 2.74. The van der Waals surface area contributed by atoms with Crippen LogP contribution >= 0.6 is 0 Å². The van der Waals surface area contributed by atoms with Crippen molar-refractivity contribution in [2.24, 2.45) is 11.7 Å². The van der Waals surface area contributed by atoms with E-state index in [9.17, 15) is 22.0 Å². The normalized spacial score (nSPS) is 23.9. The van der Waals surface area contributed by atoms with Crippen LogP contribution in [-0.2, 0) is 14.6 Å². The van der Waals surface area contributed by atoms with Gasteiger partial charge < -0.3 is 10.6 Å². The number of primary amides is 1. The topological polar surface area (TPSA) is 111 Å². The lowest BCUT2D eigenvalue weighted by atomic mass is 9.75. The molecule has 0 spiro atoms. The van der Waals surface area contributed by atoms with Gasteiger partial charge in [0.15, 0.2) is 21.5 Å². The minimum absolute atomic E-state index is 0.0194. The molecule has 5 rings (SSSR count). The maximum atomic E-state index is 14.5. The van der Waals surface area contributed by atoms with Crippen LogP contribution in [0.25, 0.3) is 16.9 Å². The molecular weight excluding hydrogens is 488 g/mol. The molecule has 1 saturated heterocycles. The summed E-state index contributed by atoms with van der Waals surface area (Å²) in [4.78, 5) is 18.4. The first-order valence-electron chi connectivity index (χ1n) is 11.9. The Morgan fingerprint density at radius 3 is 2.47 bits per heavy atom. The third-order valence-corrected chi connectivity index (χ3v) is 8.70. The molecule has 190 valence electrons. The number of hydrogen-bond acceptors (Lipinski definition) is 6. The number of alkyl halides is 1. The summed E-state index contributed by atoms with van der Waals surface area (Å²) >= 11 is 0. The van der Waals surface area contributed by atoms with Crippen molar-refractivity contribution in [2.45, 2.75) is 31.4 Å². The van der Waals surface area contributed by atoms with Crippen LogP contribution in [0, 0.1) is 11.7 Å². The van der Waals surface area contributed by atoms with Crippen LogP contribution in [0.4, 0.5) is 14.5 Å². The molecule has 2 aliphatic rings. The second-order valence-electron chi connectivity index (χ2n) is 9.39. The third kappa shape index (κ3) is 4.84. The largest absolute Gasteiger partial charge is 0.369 e. The van der Waals surface area contributed by atoms with Gasteiger partial charge in [-0.1, -0.05) is 12.1 Å². The SMILES string of the molecule is NC(=O)[C@@H]1C[C@@H](F)CC[C@H]1c1nn(-c2ncccc2F)cc1-c1ccc(N2CCS(=O)(=O)CC2)cc1. The molecule has 1 amide bonds. The predicted molar refractivity (Wildman–Crippen MR) is 132 cm³/mol. The van der Waals surface area contributed by atoms with Crippen LogP contribution in [0.15, 0.2) is 48.8 Å². The lowest BCUT2D eigenvalue weighted by molar-refractivity contribution is -0.124. The minimum atomic E-state index is -2.99. The van der Waals surface area contributed by atoms with Gasteiger partial charge in [-0.25, -0.2) is 26.9 Å². The molecule has 0 radical (unpaired) electrons. The Hall–Kier alpha value is -3.34. The zero-order valence-corrected chi connectivity index (χ0v) is 20.4. The van der Waals surface area contributed by atoms with Gasteiger partial charge in [0.2, 0.25) is 5.91 Å². The smallest absolute Gasteiger partial charge is 0.221 e. The van der Waals surface area contributed by atoms with E-state index in [1.807, 2.05) is 29.2 Å². The first-order chi connectivity index (χ1) is 17.2. The van der Waals surface area contributed by atoms with E-state index in [0.29, 0.717) is 30.8 Å². The molecule has 11 heteroatoms. The Bertz CT molecular complexity index is 1360. The van der Waals surface area contributed by atoms with Gasteiger partial charge in [0.05, 0.1) is 17.2 Å². The van der Waals surface area contributed by atoms with Crippen LogP contribution in [-0.4, -0.2) is 59.9 Å². The van der Waals surface area contributed by atoms with E-state index < -0.39 is 39.6 Å². The zero-order valence-electron chi connectivity index (χ0n) is 19.6. The van der Waals surface area contributed by atoms with Crippen molar-refractivity contribution in [1.82, 2.24) is 14.8 Å². The van der Waals surface area contributed by atoms with Gasteiger partial charge >= 0.3 is 0 Å². The average Bonchev–Trinajstić information content (AvgIpc) is 3.29. The Morgan fingerprint density at radius 1 is 1.08 bits per heavy atom. The summed E-state index contributed by atoms with van der Waals surface area (Å²) in [7, 11) is -2.99. The van der Waals surface area contributed by atoms with Crippen molar-refractivity contribution < 1.29 is 22.0 Å². The monoisotopic (exact) mass is 515 g/mol. The van der Waals surface area contributed by atoms with Gasteiger partial charge in [-0.05, 0) is 49.1 Å². The number of rotatable bonds is 5. The Kier molecular flexibility index (Phi) is 6.50. The predicted octanol–water partition coefficient (Wildman–Crippen LogP) is 3.02. The number of hydrogen-bond donors (Lipinski definition) is 1. The van der Waals surface area contributed by atoms with Crippen LogP contribution < -0.4 is 10.6 Å². The molecule has 36 heavy (non-hydrogen) atoms. The lowest BCUT2D eigenvalue weighted by Crippen LogP contribution is -2.40. The Balaban J connectivity index is 1.53. The maximum absolute atomic E-state index is 14.5. The standard InChI is InChI=1S/C25H27F2N5O3S/c26-17-5-8-19(20(14-17)24(28)33)23-21(15-32(30-23)25-22(27)2-1-9-29-25)16-3-6-18(7-4-16)31-10-12-36(34,35)13-11-31/h1-4,6-7,9,15,17,19-20H,5,8,10-14H2,(H2,28,33)/t17-,19+,20+/m0/s1. The van der Waals surface area contributed by atoms with Gasteiger partial charge in [0.1, 0.15) is 6.17 Å². The molecule has 3 aromatic rings. The minimum Gasteiger partial charge on any atom is -0.369 e. The molecule has 1 saturated carbocycles. The number of halogens is 2. The average molecular weight is 516 g/mol. The van der Waals surface area contributed by atoms with Gasteiger partial charge in [-0.2, -0.15) is 5.10 Å². The van der Waals surface area contributed by atoms with E-state index in [1.165, 1.54) is 23.0 Å². The van der Waals surface area contributed by atoms with Crippen molar-refractivity contribution >= 4 is 21.4 Å². The van der Waals surface area contributed by atoms with Gasteiger partial charge in [-0.3, -0.25) is 4.79 Å². The van der Waals surface area contributed by atoms with E-state index in [2.05, 4.69) is 10.1 Å². The molecule has 1 aliphatic carbocycles. The number of pyridine rings is 1. The fourth-order valence-electron chi connectivity index (χ4n) is 5.12. The molecule has 8 nitrogen and oxygen atoms in total. The van der Waals surface area contributed by atoms with E-state index in [-0.39, 0.29) is 30.2 Å². The van der Waals surface area contributed by atoms with E-state index in [1.54, 1.807) is 6.20 Å². The molecule has 1 aromatic carbocycles. The number of sulfone groups is 1. The number of carbonyl (C=O) groups excluding carboxylic acids is 1. The Labute approximate surface area is 208 Å². The maximum Gasteiger partial charge on any atom is 0.221 e. The van der Waals surface area contributed by atoms with Crippen molar-refractivity contribution in [2.75, 3.05) is 29.5 Å². The molecule has 0 bridgehead atoms. The van der Waals surface area contributed by atoms with Crippen LogP contribution in [0.2, 0.25) is 0 Å². The first kappa shape index (κ1) is 24.4. The number of aromatic nitrogens is 3. The molecule has 2 aromatic heterocycles. The molecule has 2 fully saturated rings. The summed E-state index contributed by atoms with van der Waals surface area (Å²) in [5.74, 6) is -2.01. The molecule has 3 heterocycles. The van der Waals surface area contributed by atoms with E-state index in [4.69, 9.17) is 5.73 Å². The van der Waals surface area contributed by atoms with Gasteiger partial charge in [0, 0.05) is 48.6 Å². The quantitative estimate of drug-likeness (QED) is 0.559. The number of amides is 1. The number of nitrogens with two attached hydrogens (primary N) is 1. The second-order valence-corrected chi connectivity index (χ2v) is 11.7. The van der Waals surface area contributed by atoms with Crippen LogP contribution in [0.5, 0.6) is 0 Å². The van der Waals surface area contributed by atoms with Crippen molar-refractivity contribution in [1.29, 1.82) is 0 Å². The van der Waals surface area contributed by atoms with Crippen LogP contribution in [0.3, 0.4) is 0 Å². The fraction of sp³-hybridized carbons (Fsp3) is 0.400. The summed E-state index contributed by atoms with van der Waals surface area (Å²) in [5, 5.41) is 4.63. The number of nitrogens with zero attached hydrogens (tertiary/aromatic N) is 4. The van der Waals surface area contributed by atoms with Crippen molar-refractivity contribution in [3.05, 3.63) is 60.3 Å². The summed E-state index contributed by atoms with van der Waals surface area (Å²) in [6.45, 7) is 0.854. The van der Waals surface area contributed by atoms with E-state index in [0.717, 1.165) is 11.3 Å². The van der Waals surface area contributed by atoms with Crippen molar-refractivity contribution in [3.63, 3.8) is 0 Å². The van der Waals surface area contributed by atoms with E-state index >= 15 is 0 Å². The second kappa shape index (κ2) is 9.61. The third-order valence-electron chi connectivity index (χ3n) is 7.09. The highest BCUT2D eigenvalue weighted by atomic mass is 32.2. The molecule has 1 aliphatic heterocycles. The zero-order chi connectivity index (χ0) is 25.4. The number of anilines is 1. The fourth-order valence-corrected chi connectivity index (χ4v) is 6.32.